The van der Waals surface area contributed by atoms with Gasteiger partial charge in [-0.3, -0.25) is 0 Å². The summed E-state index contributed by atoms with van der Waals surface area (Å²) in [6, 6.07) is 17.1. The minimum Gasteiger partial charge on any atom is -0.229 e. The monoisotopic (exact) mass is 379 g/mol. The van der Waals surface area contributed by atoms with E-state index in [1.165, 1.54) is 8.72 Å². The van der Waals surface area contributed by atoms with Gasteiger partial charge in [0.2, 0.25) is 0 Å². The molecule has 0 amide bonds. The predicted molar refractivity (Wildman–Crippen MR) is 100 cm³/mol. The minimum atomic E-state index is -3.61. The molecule has 0 radical (unpaired) electrons. The van der Waals surface area contributed by atoms with E-state index in [0.717, 1.165) is 11.1 Å². The summed E-state index contributed by atoms with van der Waals surface area (Å²) in [4.78, 5) is 0. The van der Waals surface area contributed by atoms with Crippen molar-refractivity contribution in [2.75, 3.05) is 27.7 Å². The fourth-order valence-electron chi connectivity index (χ4n) is 3.33. The van der Waals surface area contributed by atoms with Crippen LogP contribution in [0.1, 0.15) is 23.1 Å². The van der Waals surface area contributed by atoms with E-state index in [4.69, 9.17) is 11.6 Å². The molecule has 2 aromatic carbocycles. The van der Waals surface area contributed by atoms with Gasteiger partial charge in [0.15, 0.2) is 0 Å². The normalized spacial score (nSPS) is 22.6. The molecule has 1 saturated heterocycles. The van der Waals surface area contributed by atoms with E-state index in [9.17, 15) is 8.42 Å². The molecule has 25 heavy (non-hydrogen) atoms. The maximum atomic E-state index is 13.0. The van der Waals surface area contributed by atoms with Crippen LogP contribution < -0.4 is 0 Å². The third-order valence-electron chi connectivity index (χ3n) is 4.55. The van der Waals surface area contributed by atoms with Crippen molar-refractivity contribution in [2.24, 2.45) is 0 Å². The Balaban J connectivity index is 2.13. The first kappa shape index (κ1) is 18.4. The van der Waals surface area contributed by atoms with E-state index in [2.05, 4.69) is 0 Å². The van der Waals surface area contributed by atoms with Crippen molar-refractivity contribution < 1.29 is 8.42 Å². The van der Waals surface area contributed by atoms with Crippen molar-refractivity contribution in [2.45, 2.75) is 12.0 Å². The lowest BCUT2D eigenvalue weighted by atomic mass is 9.89. The quantitative estimate of drug-likeness (QED) is 0.819. The van der Waals surface area contributed by atoms with Gasteiger partial charge in [0, 0.05) is 38.6 Å². The summed E-state index contributed by atoms with van der Waals surface area (Å²) in [5.41, 5.74) is 2.04. The molecule has 2 atom stereocenters. The van der Waals surface area contributed by atoms with Crippen molar-refractivity contribution in [3.63, 3.8) is 0 Å². The van der Waals surface area contributed by atoms with Crippen molar-refractivity contribution in [1.29, 1.82) is 0 Å². The Morgan fingerprint density at radius 3 is 2.16 bits per heavy atom. The van der Waals surface area contributed by atoms with E-state index in [1.807, 2.05) is 49.5 Å². The van der Waals surface area contributed by atoms with Crippen molar-refractivity contribution in [3.05, 3.63) is 70.7 Å². The number of hydrogen-bond acceptors (Lipinski definition) is 3. The summed E-state index contributed by atoms with van der Waals surface area (Å²) in [5, 5.41) is 2.42. The summed E-state index contributed by atoms with van der Waals surface area (Å²) in [7, 11) is 1.30. The van der Waals surface area contributed by atoms with Gasteiger partial charge in [0.25, 0.3) is 10.2 Å². The number of benzene rings is 2. The lowest BCUT2D eigenvalue weighted by Gasteiger charge is -2.32. The third kappa shape index (κ3) is 3.45. The highest BCUT2D eigenvalue weighted by Gasteiger charge is 2.46. The molecular weight excluding hydrogens is 358 g/mol. The van der Waals surface area contributed by atoms with Crippen molar-refractivity contribution in [3.8, 4) is 0 Å². The first-order chi connectivity index (χ1) is 11.8. The van der Waals surface area contributed by atoms with E-state index < -0.39 is 10.2 Å². The van der Waals surface area contributed by atoms with Gasteiger partial charge in [-0.1, -0.05) is 54.1 Å². The van der Waals surface area contributed by atoms with Gasteiger partial charge in [0.05, 0.1) is 6.04 Å². The smallest absolute Gasteiger partial charge is 0.229 e. The van der Waals surface area contributed by atoms with Gasteiger partial charge in [-0.15, -0.1) is 4.41 Å². The molecule has 0 saturated carbocycles. The van der Waals surface area contributed by atoms with Crippen LogP contribution in [0.2, 0.25) is 5.02 Å². The van der Waals surface area contributed by atoms with Crippen LogP contribution in [-0.2, 0) is 10.2 Å². The molecule has 1 fully saturated rings. The molecule has 0 aromatic heterocycles. The van der Waals surface area contributed by atoms with Crippen LogP contribution >= 0.6 is 11.6 Å². The fourth-order valence-corrected chi connectivity index (χ4v) is 4.76. The summed E-state index contributed by atoms with van der Waals surface area (Å²) in [6.45, 7) is 0.615. The first-order valence-corrected chi connectivity index (χ1v) is 9.83. The lowest BCUT2D eigenvalue weighted by molar-refractivity contribution is 0.116. The Morgan fingerprint density at radius 1 is 1.00 bits per heavy atom. The average molecular weight is 380 g/mol. The Hall–Kier alpha value is -1.44. The highest BCUT2D eigenvalue weighted by Crippen LogP contribution is 2.44. The topological polar surface area (TPSA) is 43.9 Å². The molecule has 2 aromatic rings. The zero-order valence-electron chi connectivity index (χ0n) is 14.5. The Bertz CT molecular complexity index is 825. The van der Waals surface area contributed by atoms with Crippen molar-refractivity contribution in [1.82, 2.24) is 13.7 Å². The molecule has 2 unspecified atom stereocenters. The second-order valence-corrected chi connectivity index (χ2v) is 8.85. The number of likely N-dealkylation sites (N-methyl/N-ethyl adjacent to an activating group) is 1. The zero-order valence-corrected chi connectivity index (χ0v) is 16.1. The van der Waals surface area contributed by atoms with Crippen LogP contribution in [0.4, 0.5) is 0 Å². The third-order valence-corrected chi connectivity index (χ3v) is 6.71. The Morgan fingerprint density at radius 2 is 1.60 bits per heavy atom. The van der Waals surface area contributed by atoms with Crippen molar-refractivity contribution >= 4 is 21.8 Å². The number of hydrazine groups is 1. The van der Waals surface area contributed by atoms with E-state index in [-0.39, 0.29) is 12.0 Å². The van der Waals surface area contributed by atoms with Gasteiger partial charge in [-0.05, 0) is 23.3 Å². The second kappa shape index (κ2) is 7.05. The number of nitrogens with zero attached hydrogens (tertiary/aromatic N) is 3. The lowest BCUT2D eigenvalue weighted by Crippen LogP contribution is -2.46. The van der Waals surface area contributed by atoms with Gasteiger partial charge >= 0.3 is 0 Å². The van der Waals surface area contributed by atoms with Crippen LogP contribution in [0, 0.1) is 0 Å². The van der Waals surface area contributed by atoms with Crippen LogP contribution in [-0.4, -0.2) is 49.8 Å². The Labute approximate surface area is 154 Å². The van der Waals surface area contributed by atoms with Gasteiger partial charge in [-0.25, -0.2) is 5.01 Å². The summed E-state index contributed by atoms with van der Waals surface area (Å²) in [6.07, 6.45) is 0. The van der Waals surface area contributed by atoms with Gasteiger partial charge in [0.1, 0.15) is 0 Å². The molecule has 0 N–H and O–H groups in total. The molecular formula is C18H22ClN3O2S. The van der Waals surface area contributed by atoms with E-state index in [0.29, 0.717) is 11.6 Å². The standard InChI is InChI=1S/C18H22ClN3O2S/c1-20(2)25(23,24)22-18(15-9-11-16(19)12-10-15)17(13-21(22)3)14-7-5-4-6-8-14/h4-12,17-18H,13H2,1-3H3. The number of hydrogen-bond donors (Lipinski definition) is 0. The average Bonchev–Trinajstić information content (AvgIpc) is 2.94. The highest BCUT2D eigenvalue weighted by atomic mass is 35.5. The molecule has 1 heterocycles. The molecule has 5 nitrogen and oxygen atoms in total. The van der Waals surface area contributed by atoms with Gasteiger partial charge < -0.3 is 0 Å². The molecule has 0 spiro atoms. The van der Waals surface area contributed by atoms with E-state index >= 15 is 0 Å². The van der Waals surface area contributed by atoms with Crippen LogP contribution in [0.25, 0.3) is 0 Å². The Kier molecular flexibility index (Phi) is 5.18. The molecule has 0 aliphatic carbocycles. The van der Waals surface area contributed by atoms with Crippen LogP contribution in [0.3, 0.4) is 0 Å². The SMILES string of the molecule is CN1CC(c2ccccc2)C(c2ccc(Cl)cc2)N1S(=O)(=O)N(C)C. The maximum absolute atomic E-state index is 13.0. The van der Waals surface area contributed by atoms with Crippen LogP contribution in [0.5, 0.6) is 0 Å². The summed E-state index contributed by atoms with van der Waals surface area (Å²) < 4.78 is 28.6. The first-order valence-electron chi connectivity index (χ1n) is 8.05. The minimum absolute atomic E-state index is 0.0297. The number of rotatable bonds is 4. The van der Waals surface area contributed by atoms with Gasteiger partial charge in [-0.2, -0.15) is 12.7 Å². The largest absolute Gasteiger partial charge is 0.295 e. The molecule has 1 aliphatic heterocycles. The highest BCUT2D eigenvalue weighted by molar-refractivity contribution is 7.86. The molecule has 1 aliphatic rings. The summed E-state index contributed by atoms with van der Waals surface area (Å²) in [5.74, 6) is 0.0297. The zero-order chi connectivity index (χ0) is 18.2. The van der Waals surface area contributed by atoms with E-state index in [1.54, 1.807) is 31.2 Å². The summed E-state index contributed by atoms with van der Waals surface area (Å²) >= 11 is 6.03. The number of halogens is 1. The molecule has 0 bridgehead atoms. The fraction of sp³-hybridized carbons (Fsp3) is 0.333. The second-order valence-electron chi connectivity index (χ2n) is 6.42. The predicted octanol–water partition coefficient (Wildman–Crippen LogP) is 3.13. The molecule has 7 heteroatoms. The van der Waals surface area contributed by atoms with Crippen LogP contribution in [0.15, 0.2) is 54.6 Å². The maximum Gasteiger partial charge on any atom is 0.295 e. The molecule has 134 valence electrons. The molecule has 3 rings (SSSR count).